The molecule has 0 saturated heterocycles. The number of benzene rings is 1. The minimum atomic E-state index is 0. The fourth-order valence-electron chi connectivity index (χ4n) is 2.59. The highest BCUT2D eigenvalue weighted by Gasteiger charge is 2.25. The zero-order valence-electron chi connectivity index (χ0n) is 11.6. The lowest BCUT2D eigenvalue weighted by molar-refractivity contribution is -0.117. The molecule has 3 nitrogen and oxygen atoms in total. The number of rotatable bonds is 3. The summed E-state index contributed by atoms with van der Waals surface area (Å²) >= 11 is 0. The normalized spacial score (nSPS) is 21.8. The van der Waals surface area contributed by atoms with E-state index >= 15 is 0 Å². The van der Waals surface area contributed by atoms with Crippen molar-refractivity contribution < 1.29 is 4.79 Å². The van der Waals surface area contributed by atoms with Crippen molar-refractivity contribution in [1.29, 1.82) is 0 Å². The van der Waals surface area contributed by atoms with Gasteiger partial charge in [0.2, 0.25) is 5.91 Å². The third-order valence-electron chi connectivity index (χ3n) is 3.96. The van der Waals surface area contributed by atoms with E-state index in [9.17, 15) is 4.79 Å². The summed E-state index contributed by atoms with van der Waals surface area (Å²) in [4.78, 5) is 11.9. The molecule has 0 heterocycles. The number of anilines is 1. The second-order valence-corrected chi connectivity index (χ2v) is 5.41. The molecule has 1 amide bonds. The zero-order chi connectivity index (χ0) is 13.1. The van der Waals surface area contributed by atoms with Gasteiger partial charge in [0.05, 0.1) is 0 Å². The summed E-state index contributed by atoms with van der Waals surface area (Å²) in [7, 11) is 0. The van der Waals surface area contributed by atoms with E-state index in [-0.39, 0.29) is 24.4 Å². The summed E-state index contributed by atoms with van der Waals surface area (Å²) in [5.74, 6) is 0.442. The highest BCUT2D eigenvalue weighted by atomic mass is 35.5. The van der Waals surface area contributed by atoms with Gasteiger partial charge >= 0.3 is 0 Å². The van der Waals surface area contributed by atoms with Crippen LogP contribution in [0.15, 0.2) is 18.2 Å². The van der Waals surface area contributed by atoms with Crippen LogP contribution in [0.3, 0.4) is 0 Å². The molecule has 3 N–H and O–H groups in total. The van der Waals surface area contributed by atoms with Gasteiger partial charge in [0.15, 0.2) is 0 Å². The summed E-state index contributed by atoms with van der Waals surface area (Å²) in [6, 6.07) is 6.21. The van der Waals surface area contributed by atoms with Crippen LogP contribution in [0.5, 0.6) is 0 Å². The van der Waals surface area contributed by atoms with Crippen molar-refractivity contribution >= 4 is 24.0 Å². The van der Waals surface area contributed by atoms with Gasteiger partial charge in [-0.15, -0.1) is 12.4 Å². The molecule has 1 saturated carbocycles. The Morgan fingerprint density at radius 3 is 2.63 bits per heavy atom. The Labute approximate surface area is 121 Å². The number of carbonyl (C=O) groups is 1. The van der Waals surface area contributed by atoms with Gasteiger partial charge in [-0.3, -0.25) is 4.79 Å². The summed E-state index contributed by atoms with van der Waals surface area (Å²) in [6.07, 6.45) is 3.85. The van der Waals surface area contributed by atoms with Gasteiger partial charge in [-0.25, -0.2) is 0 Å². The molecule has 4 heteroatoms. The first-order valence-electron chi connectivity index (χ1n) is 6.69. The first-order chi connectivity index (χ1) is 8.56. The van der Waals surface area contributed by atoms with E-state index in [4.69, 9.17) is 5.73 Å². The van der Waals surface area contributed by atoms with Crippen LogP contribution in [0.2, 0.25) is 0 Å². The molecule has 1 aliphatic rings. The van der Waals surface area contributed by atoms with Gasteiger partial charge in [-0.05, 0) is 55.9 Å². The standard InChI is InChI=1S/C15H22N2O.ClH/c1-10-6-7-13(8-11(10)2)17-15(18)9-12-4-3-5-14(12)16;/h6-8,12,14H,3-5,9,16H2,1-2H3,(H,17,18);1H/t12-,14+;/m0./s1. The number of halogens is 1. The molecule has 1 aromatic carbocycles. The van der Waals surface area contributed by atoms with Crippen LogP contribution in [-0.4, -0.2) is 11.9 Å². The minimum Gasteiger partial charge on any atom is -0.327 e. The Morgan fingerprint density at radius 1 is 1.32 bits per heavy atom. The maximum absolute atomic E-state index is 11.9. The van der Waals surface area contributed by atoms with Crippen molar-refractivity contribution in [2.24, 2.45) is 11.7 Å². The van der Waals surface area contributed by atoms with Crippen LogP contribution in [0.25, 0.3) is 0 Å². The largest absolute Gasteiger partial charge is 0.327 e. The average molecular weight is 283 g/mol. The molecule has 2 rings (SSSR count). The number of aryl methyl sites for hydroxylation is 2. The van der Waals surface area contributed by atoms with Crippen molar-refractivity contribution in [1.82, 2.24) is 0 Å². The molecule has 1 aliphatic carbocycles. The Bertz CT molecular complexity index is 448. The number of hydrogen-bond donors (Lipinski definition) is 2. The van der Waals surface area contributed by atoms with Gasteiger partial charge in [-0.2, -0.15) is 0 Å². The number of hydrogen-bond acceptors (Lipinski definition) is 2. The Morgan fingerprint density at radius 2 is 2.05 bits per heavy atom. The second kappa shape index (κ2) is 6.92. The molecule has 0 bridgehead atoms. The maximum Gasteiger partial charge on any atom is 0.224 e. The zero-order valence-corrected chi connectivity index (χ0v) is 12.4. The van der Waals surface area contributed by atoms with Crippen molar-refractivity contribution in [2.75, 3.05) is 5.32 Å². The molecule has 2 atom stereocenters. The third kappa shape index (κ3) is 4.22. The number of nitrogens with one attached hydrogen (secondary N) is 1. The first-order valence-corrected chi connectivity index (χ1v) is 6.69. The third-order valence-corrected chi connectivity index (χ3v) is 3.96. The van der Waals surface area contributed by atoms with Crippen LogP contribution < -0.4 is 11.1 Å². The van der Waals surface area contributed by atoms with Gasteiger partial charge in [0.25, 0.3) is 0 Å². The lowest BCUT2D eigenvalue weighted by atomic mass is 10.00. The van der Waals surface area contributed by atoms with Crippen molar-refractivity contribution in [3.8, 4) is 0 Å². The summed E-state index contributed by atoms with van der Waals surface area (Å²) in [5.41, 5.74) is 9.31. The van der Waals surface area contributed by atoms with Gasteiger partial charge in [-0.1, -0.05) is 12.5 Å². The Hall–Kier alpha value is -1.06. The first kappa shape index (κ1) is 16.0. The quantitative estimate of drug-likeness (QED) is 0.895. The van der Waals surface area contributed by atoms with E-state index in [0.29, 0.717) is 12.3 Å². The highest BCUT2D eigenvalue weighted by molar-refractivity contribution is 5.91. The van der Waals surface area contributed by atoms with Crippen molar-refractivity contribution in [3.63, 3.8) is 0 Å². The van der Waals surface area contributed by atoms with Crippen LogP contribution in [0, 0.1) is 19.8 Å². The van der Waals surface area contributed by atoms with E-state index in [0.717, 1.165) is 24.9 Å². The Kier molecular flexibility index (Phi) is 5.83. The lowest BCUT2D eigenvalue weighted by Crippen LogP contribution is -2.28. The molecular weight excluding hydrogens is 260 g/mol. The molecule has 1 aromatic rings. The van der Waals surface area contributed by atoms with Crippen LogP contribution in [0.4, 0.5) is 5.69 Å². The van der Waals surface area contributed by atoms with Gasteiger partial charge in [0.1, 0.15) is 0 Å². The summed E-state index contributed by atoms with van der Waals surface area (Å²) in [5, 5.41) is 2.96. The van der Waals surface area contributed by atoms with E-state index in [1.807, 2.05) is 18.2 Å². The molecule has 0 unspecified atom stereocenters. The molecular formula is C15H23ClN2O. The summed E-state index contributed by atoms with van der Waals surface area (Å²) in [6.45, 7) is 4.12. The minimum absolute atomic E-state index is 0. The fourth-order valence-corrected chi connectivity index (χ4v) is 2.59. The molecule has 106 valence electrons. The molecule has 0 radical (unpaired) electrons. The monoisotopic (exact) mass is 282 g/mol. The van der Waals surface area contributed by atoms with Crippen LogP contribution in [-0.2, 0) is 4.79 Å². The Balaban J connectivity index is 0.00000180. The van der Waals surface area contributed by atoms with E-state index in [1.165, 1.54) is 11.1 Å². The summed E-state index contributed by atoms with van der Waals surface area (Å²) < 4.78 is 0. The van der Waals surface area contributed by atoms with Gasteiger partial charge in [0, 0.05) is 18.2 Å². The van der Waals surface area contributed by atoms with E-state index in [2.05, 4.69) is 19.2 Å². The molecule has 1 fully saturated rings. The lowest BCUT2D eigenvalue weighted by Gasteiger charge is -2.15. The fraction of sp³-hybridized carbons (Fsp3) is 0.533. The highest BCUT2D eigenvalue weighted by Crippen LogP contribution is 2.27. The number of carbonyl (C=O) groups excluding carboxylic acids is 1. The van der Waals surface area contributed by atoms with Crippen molar-refractivity contribution in [3.05, 3.63) is 29.3 Å². The number of amides is 1. The maximum atomic E-state index is 11.9. The predicted molar refractivity (Wildman–Crippen MR) is 81.7 cm³/mol. The average Bonchev–Trinajstić information content (AvgIpc) is 2.70. The van der Waals surface area contributed by atoms with Crippen LogP contribution in [0.1, 0.15) is 36.8 Å². The molecule has 0 spiro atoms. The molecule has 0 aromatic heterocycles. The molecule has 0 aliphatic heterocycles. The van der Waals surface area contributed by atoms with E-state index in [1.54, 1.807) is 0 Å². The predicted octanol–water partition coefficient (Wildman–Crippen LogP) is 3.18. The SMILES string of the molecule is Cc1ccc(NC(=O)C[C@@H]2CCC[C@H]2N)cc1C.Cl. The topological polar surface area (TPSA) is 55.1 Å². The van der Waals surface area contributed by atoms with E-state index < -0.39 is 0 Å². The van der Waals surface area contributed by atoms with Crippen LogP contribution >= 0.6 is 12.4 Å². The smallest absolute Gasteiger partial charge is 0.224 e. The number of nitrogens with two attached hydrogens (primary N) is 1. The van der Waals surface area contributed by atoms with Crippen molar-refractivity contribution in [2.45, 2.75) is 45.6 Å². The second-order valence-electron chi connectivity index (χ2n) is 5.41. The molecule has 19 heavy (non-hydrogen) atoms. The van der Waals surface area contributed by atoms with Gasteiger partial charge < -0.3 is 11.1 Å².